The second-order valence-corrected chi connectivity index (χ2v) is 6.34. The van der Waals surface area contributed by atoms with Crippen LogP contribution < -0.4 is 4.57 Å². The molecular weight excluding hydrogens is 310 g/mol. The lowest BCUT2D eigenvalue weighted by Crippen LogP contribution is -2.29. The normalized spacial score (nSPS) is 12.6. The summed E-state index contributed by atoms with van der Waals surface area (Å²) in [6.45, 7) is 0.885. The number of aromatic nitrogens is 5. The molecule has 0 N–H and O–H groups in total. The maximum Gasteiger partial charge on any atom is 0.298 e. The summed E-state index contributed by atoms with van der Waals surface area (Å²) in [5.74, 6) is 1.18. The minimum Gasteiger partial charge on any atom is -0.268 e. The van der Waals surface area contributed by atoms with Gasteiger partial charge in [-0.3, -0.25) is 14.5 Å². The second-order valence-electron chi connectivity index (χ2n) is 6.34. The highest BCUT2D eigenvalue weighted by Crippen LogP contribution is 2.32. The Morgan fingerprint density at radius 3 is 2.64 bits per heavy atom. The van der Waals surface area contributed by atoms with E-state index in [1.165, 1.54) is 17.0 Å². The first-order valence-corrected chi connectivity index (χ1v) is 8.30. The number of para-hydroxylation sites is 1. The molecule has 1 aliphatic heterocycles. The molecule has 0 atom stereocenters. The minimum absolute atomic E-state index is 0.885. The Kier molecular flexibility index (Phi) is 2.34. The zero-order chi connectivity index (χ0) is 16.4. The molecule has 5 heterocycles. The Hall–Kier alpha value is -3.47. The summed E-state index contributed by atoms with van der Waals surface area (Å²) in [6, 6.07) is 14.6. The maximum atomic E-state index is 4.36. The van der Waals surface area contributed by atoms with Crippen LogP contribution in [0.25, 0.3) is 33.8 Å². The third kappa shape index (κ3) is 1.59. The molecule has 5 nitrogen and oxygen atoms in total. The topological polar surface area (TPSA) is 39.0 Å². The van der Waals surface area contributed by atoms with Gasteiger partial charge in [-0.15, -0.1) is 0 Å². The molecule has 1 aromatic carbocycles. The molecule has 0 amide bonds. The molecule has 0 saturated heterocycles. The number of benzene rings is 1. The molecule has 5 heteroatoms. The first-order valence-electron chi connectivity index (χ1n) is 8.30. The number of nitrogens with zero attached hydrogens (tertiary/aromatic N) is 5. The average Bonchev–Trinajstić information content (AvgIpc) is 3.28. The predicted molar refractivity (Wildman–Crippen MR) is 94.6 cm³/mol. The number of hydrogen-bond donors (Lipinski definition) is 0. The number of fused-ring (bicyclic) bond motifs is 7. The zero-order valence-corrected chi connectivity index (χ0v) is 13.4. The van der Waals surface area contributed by atoms with E-state index in [0.717, 1.165) is 28.9 Å². The Labute approximate surface area is 143 Å². The molecule has 0 saturated carbocycles. The van der Waals surface area contributed by atoms with Crippen LogP contribution in [0.4, 0.5) is 0 Å². The van der Waals surface area contributed by atoms with Crippen molar-refractivity contribution >= 4 is 16.7 Å². The SMILES string of the molecule is c1ccc(-n2c3cnccc3n3c4[n+](cc23)Cc2ccncc2-4)cc1. The van der Waals surface area contributed by atoms with E-state index >= 15 is 0 Å². The summed E-state index contributed by atoms with van der Waals surface area (Å²) >= 11 is 0. The van der Waals surface area contributed by atoms with Crippen LogP contribution in [-0.4, -0.2) is 18.9 Å². The van der Waals surface area contributed by atoms with Crippen molar-refractivity contribution in [3.63, 3.8) is 0 Å². The van der Waals surface area contributed by atoms with E-state index in [1.807, 2.05) is 30.9 Å². The van der Waals surface area contributed by atoms with Gasteiger partial charge in [0.05, 0.1) is 11.8 Å². The van der Waals surface area contributed by atoms with Crippen LogP contribution in [0.5, 0.6) is 0 Å². The third-order valence-electron chi connectivity index (χ3n) is 4.98. The summed E-state index contributed by atoms with van der Waals surface area (Å²) in [5, 5.41) is 0. The molecule has 0 unspecified atom stereocenters. The first-order chi connectivity index (χ1) is 12.4. The quantitative estimate of drug-likeness (QED) is 0.436. The molecule has 0 aliphatic carbocycles. The van der Waals surface area contributed by atoms with Crippen LogP contribution in [0.15, 0.2) is 73.4 Å². The van der Waals surface area contributed by atoms with Crippen molar-refractivity contribution in [1.82, 2.24) is 18.9 Å². The van der Waals surface area contributed by atoms with Gasteiger partial charge >= 0.3 is 0 Å². The number of pyridine rings is 2. The van der Waals surface area contributed by atoms with Crippen LogP contribution >= 0.6 is 0 Å². The fourth-order valence-corrected chi connectivity index (χ4v) is 3.94. The van der Waals surface area contributed by atoms with Crippen molar-refractivity contribution in [1.29, 1.82) is 0 Å². The Bertz CT molecular complexity index is 1260. The van der Waals surface area contributed by atoms with E-state index in [1.54, 1.807) is 0 Å². The van der Waals surface area contributed by atoms with Gasteiger partial charge in [0.15, 0.2) is 11.7 Å². The molecule has 6 rings (SSSR count). The average molecular weight is 324 g/mol. The molecule has 4 aromatic heterocycles. The molecule has 0 bridgehead atoms. The zero-order valence-electron chi connectivity index (χ0n) is 13.4. The van der Waals surface area contributed by atoms with Crippen LogP contribution in [0.2, 0.25) is 0 Å². The van der Waals surface area contributed by atoms with Crippen molar-refractivity contribution in [2.24, 2.45) is 0 Å². The van der Waals surface area contributed by atoms with E-state index in [0.29, 0.717) is 0 Å². The van der Waals surface area contributed by atoms with Crippen molar-refractivity contribution in [2.75, 3.05) is 0 Å². The summed E-state index contributed by atoms with van der Waals surface area (Å²) in [6.07, 6.45) is 9.85. The van der Waals surface area contributed by atoms with Crippen LogP contribution in [0, 0.1) is 0 Å². The van der Waals surface area contributed by atoms with Gasteiger partial charge < -0.3 is 0 Å². The van der Waals surface area contributed by atoms with Gasteiger partial charge in [0.2, 0.25) is 0 Å². The standard InChI is InChI=1S/C20H14N5/c1-2-4-15(5-3-1)24-18-11-22-9-7-17(18)25-19(24)13-23-12-14-6-8-21-10-16(14)20(23)25/h1-11,13H,12H2/q+1. The fraction of sp³-hybridized carbons (Fsp3) is 0.0500. The van der Waals surface area contributed by atoms with Gasteiger partial charge in [-0.25, -0.2) is 4.57 Å². The Morgan fingerprint density at radius 1 is 0.880 bits per heavy atom. The minimum atomic E-state index is 0.885. The monoisotopic (exact) mass is 324 g/mol. The van der Waals surface area contributed by atoms with Crippen molar-refractivity contribution < 1.29 is 4.57 Å². The Morgan fingerprint density at radius 2 is 1.72 bits per heavy atom. The van der Waals surface area contributed by atoms with Gasteiger partial charge in [0.1, 0.15) is 12.1 Å². The smallest absolute Gasteiger partial charge is 0.268 e. The summed E-state index contributed by atoms with van der Waals surface area (Å²) < 4.78 is 6.89. The lowest BCUT2D eigenvalue weighted by Gasteiger charge is -2.02. The molecule has 118 valence electrons. The molecule has 5 aromatic rings. The highest BCUT2D eigenvalue weighted by Gasteiger charge is 2.33. The Balaban J connectivity index is 1.81. The first kappa shape index (κ1) is 12.9. The van der Waals surface area contributed by atoms with Crippen molar-refractivity contribution in [2.45, 2.75) is 6.54 Å². The van der Waals surface area contributed by atoms with Gasteiger partial charge in [0.25, 0.3) is 11.5 Å². The van der Waals surface area contributed by atoms with Crippen molar-refractivity contribution in [3.05, 3.63) is 79.0 Å². The van der Waals surface area contributed by atoms with E-state index in [9.17, 15) is 0 Å². The van der Waals surface area contributed by atoms with Gasteiger partial charge in [-0.2, -0.15) is 4.40 Å². The molecular formula is C20H14N5+. The highest BCUT2D eigenvalue weighted by molar-refractivity contribution is 5.85. The van der Waals surface area contributed by atoms with Crippen LogP contribution in [0.1, 0.15) is 5.56 Å². The van der Waals surface area contributed by atoms with E-state index in [2.05, 4.69) is 66.1 Å². The number of hydrogen-bond acceptors (Lipinski definition) is 2. The molecule has 0 spiro atoms. The second kappa shape index (κ2) is 4.54. The largest absolute Gasteiger partial charge is 0.298 e. The predicted octanol–water partition coefficient (Wildman–Crippen LogP) is 2.99. The molecule has 0 fully saturated rings. The maximum absolute atomic E-state index is 4.36. The third-order valence-corrected chi connectivity index (χ3v) is 4.98. The lowest BCUT2D eigenvalue weighted by molar-refractivity contribution is -0.670. The van der Waals surface area contributed by atoms with Gasteiger partial charge in [-0.05, 0) is 18.2 Å². The van der Waals surface area contributed by atoms with E-state index in [-0.39, 0.29) is 0 Å². The fourth-order valence-electron chi connectivity index (χ4n) is 3.94. The van der Waals surface area contributed by atoms with Crippen LogP contribution in [0.3, 0.4) is 0 Å². The molecule has 1 aliphatic rings. The van der Waals surface area contributed by atoms with Crippen molar-refractivity contribution in [3.8, 4) is 17.1 Å². The number of rotatable bonds is 1. The van der Waals surface area contributed by atoms with Gasteiger partial charge in [0, 0.05) is 35.9 Å². The van der Waals surface area contributed by atoms with Gasteiger partial charge in [-0.1, -0.05) is 18.2 Å². The van der Waals surface area contributed by atoms with E-state index < -0.39 is 0 Å². The lowest BCUT2D eigenvalue weighted by atomic mass is 10.2. The summed E-state index contributed by atoms with van der Waals surface area (Å²) in [4.78, 5) is 8.70. The number of imidazole rings is 2. The summed E-state index contributed by atoms with van der Waals surface area (Å²) in [5.41, 5.74) is 7.04. The summed E-state index contributed by atoms with van der Waals surface area (Å²) in [7, 11) is 0. The van der Waals surface area contributed by atoms with Crippen LogP contribution in [-0.2, 0) is 6.54 Å². The highest BCUT2D eigenvalue weighted by atomic mass is 15.2. The molecule has 25 heavy (non-hydrogen) atoms. The molecule has 0 radical (unpaired) electrons. The van der Waals surface area contributed by atoms with E-state index in [4.69, 9.17) is 0 Å².